The summed E-state index contributed by atoms with van der Waals surface area (Å²) in [7, 11) is 0. The van der Waals surface area contributed by atoms with Crippen LogP contribution in [0.5, 0.6) is 0 Å². The number of anilines is 1. The number of carbonyl (C=O) groups excluding carboxylic acids is 3. The van der Waals surface area contributed by atoms with Gasteiger partial charge >= 0.3 is 0 Å². The van der Waals surface area contributed by atoms with E-state index in [9.17, 15) is 14.4 Å². The van der Waals surface area contributed by atoms with Gasteiger partial charge in [-0.05, 0) is 56.2 Å². The van der Waals surface area contributed by atoms with Crippen molar-refractivity contribution >= 4 is 23.4 Å². The van der Waals surface area contributed by atoms with E-state index in [0.717, 1.165) is 5.56 Å². The molecular formula is C20H26N2O4. The maximum absolute atomic E-state index is 12.4. The predicted octanol–water partition coefficient (Wildman–Crippen LogP) is 2.52. The van der Waals surface area contributed by atoms with E-state index in [2.05, 4.69) is 10.6 Å². The topological polar surface area (TPSA) is 84.5 Å². The lowest BCUT2D eigenvalue weighted by Crippen LogP contribution is -2.51. The summed E-state index contributed by atoms with van der Waals surface area (Å²) in [6.07, 6.45) is 3.35. The summed E-state index contributed by atoms with van der Waals surface area (Å²) in [5.74, 6) is -0.0221. The van der Waals surface area contributed by atoms with E-state index in [1.807, 2.05) is 19.1 Å². The number of rotatable bonds is 7. The SMILES string of the molecule is CCC1(c2ccc(NC(=O)C(C)OCC3CC3)cc2)CCC(=O)NC1=O. The Balaban J connectivity index is 1.64. The van der Waals surface area contributed by atoms with Crippen molar-refractivity contribution in [2.75, 3.05) is 11.9 Å². The molecule has 3 rings (SSSR count). The number of hydrogen-bond donors (Lipinski definition) is 2. The second-order valence-corrected chi connectivity index (χ2v) is 7.30. The molecule has 1 aromatic carbocycles. The van der Waals surface area contributed by atoms with Crippen molar-refractivity contribution in [1.29, 1.82) is 0 Å². The van der Waals surface area contributed by atoms with E-state index in [1.54, 1.807) is 19.1 Å². The lowest BCUT2D eigenvalue weighted by Gasteiger charge is -2.35. The van der Waals surface area contributed by atoms with E-state index in [1.165, 1.54) is 12.8 Å². The van der Waals surface area contributed by atoms with E-state index >= 15 is 0 Å². The van der Waals surface area contributed by atoms with Crippen molar-refractivity contribution in [2.45, 2.75) is 57.5 Å². The van der Waals surface area contributed by atoms with E-state index in [0.29, 0.717) is 37.5 Å². The number of carbonyl (C=O) groups is 3. The quantitative estimate of drug-likeness (QED) is 0.734. The molecule has 1 aliphatic heterocycles. The van der Waals surface area contributed by atoms with Gasteiger partial charge in [-0.15, -0.1) is 0 Å². The Bertz CT molecular complexity index is 696. The molecule has 2 aliphatic rings. The fourth-order valence-electron chi connectivity index (χ4n) is 3.32. The zero-order chi connectivity index (χ0) is 18.7. The summed E-state index contributed by atoms with van der Waals surface area (Å²) >= 11 is 0. The minimum absolute atomic E-state index is 0.176. The van der Waals surface area contributed by atoms with Gasteiger partial charge in [-0.2, -0.15) is 0 Å². The highest BCUT2D eigenvalue weighted by Crippen LogP contribution is 2.36. The largest absolute Gasteiger partial charge is 0.368 e. The number of hydrogen-bond acceptors (Lipinski definition) is 4. The highest BCUT2D eigenvalue weighted by molar-refractivity contribution is 6.03. The third-order valence-corrected chi connectivity index (χ3v) is 5.42. The average molecular weight is 358 g/mol. The van der Waals surface area contributed by atoms with Crippen LogP contribution in [0.15, 0.2) is 24.3 Å². The van der Waals surface area contributed by atoms with Crippen LogP contribution >= 0.6 is 0 Å². The van der Waals surface area contributed by atoms with Crippen molar-refractivity contribution in [3.05, 3.63) is 29.8 Å². The van der Waals surface area contributed by atoms with Crippen molar-refractivity contribution in [2.24, 2.45) is 5.92 Å². The molecule has 1 aliphatic carbocycles. The molecule has 1 saturated heterocycles. The highest BCUT2D eigenvalue weighted by Gasteiger charge is 2.42. The van der Waals surface area contributed by atoms with Gasteiger partial charge in [0.25, 0.3) is 5.91 Å². The maximum Gasteiger partial charge on any atom is 0.253 e. The second-order valence-electron chi connectivity index (χ2n) is 7.30. The van der Waals surface area contributed by atoms with Gasteiger partial charge in [0, 0.05) is 12.1 Å². The molecule has 1 aromatic rings. The number of nitrogens with one attached hydrogen (secondary N) is 2. The lowest BCUT2D eigenvalue weighted by atomic mass is 9.72. The van der Waals surface area contributed by atoms with E-state index in [4.69, 9.17) is 4.74 Å². The van der Waals surface area contributed by atoms with Crippen LogP contribution in [0.25, 0.3) is 0 Å². The van der Waals surface area contributed by atoms with Crippen LogP contribution in [0.1, 0.15) is 51.5 Å². The average Bonchev–Trinajstić information content (AvgIpc) is 3.45. The van der Waals surface area contributed by atoms with Crippen LogP contribution in [0.4, 0.5) is 5.69 Å². The van der Waals surface area contributed by atoms with Crippen molar-refractivity contribution in [3.8, 4) is 0 Å². The smallest absolute Gasteiger partial charge is 0.253 e. The molecule has 140 valence electrons. The number of benzene rings is 1. The minimum atomic E-state index is -0.683. The molecule has 1 heterocycles. The van der Waals surface area contributed by atoms with Crippen LogP contribution in [0.3, 0.4) is 0 Å². The van der Waals surface area contributed by atoms with Crippen molar-refractivity contribution < 1.29 is 19.1 Å². The Hall–Kier alpha value is -2.21. The normalized spacial score (nSPS) is 24.1. The van der Waals surface area contributed by atoms with Crippen molar-refractivity contribution in [3.63, 3.8) is 0 Å². The summed E-state index contributed by atoms with van der Waals surface area (Å²) in [6, 6.07) is 7.29. The summed E-state index contributed by atoms with van der Waals surface area (Å²) < 4.78 is 5.58. The Morgan fingerprint density at radius 1 is 1.31 bits per heavy atom. The fraction of sp³-hybridized carbons (Fsp3) is 0.550. The Morgan fingerprint density at radius 2 is 2.00 bits per heavy atom. The van der Waals surface area contributed by atoms with Gasteiger partial charge in [-0.1, -0.05) is 19.1 Å². The van der Waals surface area contributed by atoms with Crippen LogP contribution in [-0.4, -0.2) is 30.4 Å². The molecule has 2 atom stereocenters. The number of ether oxygens (including phenoxy) is 1. The third kappa shape index (κ3) is 3.96. The standard InChI is InChI=1S/C20H26N2O4/c1-3-20(11-10-17(23)22-19(20)25)15-6-8-16(9-7-15)21-18(24)13(2)26-12-14-4-5-14/h6-9,13-14H,3-5,10-12H2,1-2H3,(H,21,24)(H,22,23,25). The monoisotopic (exact) mass is 358 g/mol. The molecule has 2 unspecified atom stereocenters. The summed E-state index contributed by atoms with van der Waals surface area (Å²) in [6.45, 7) is 4.34. The molecule has 0 radical (unpaired) electrons. The van der Waals surface area contributed by atoms with Gasteiger partial charge in [0.1, 0.15) is 6.10 Å². The fourth-order valence-corrected chi connectivity index (χ4v) is 3.32. The molecule has 6 nitrogen and oxygen atoms in total. The van der Waals surface area contributed by atoms with E-state index < -0.39 is 11.5 Å². The van der Waals surface area contributed by atoms with Gasteiger partial charge in [0.15, 0.2) is 0 Å². The molecular weight excluding hydrogens is 332 g/mol. The Morgan fingerprint density at radius 3 is 2.58 bits per heavy atom. The van der Waals surface area contributed by atoms with E-state index in [-0.39, 0.29) is 17.7 Å². The first kappa shape index (κ1) is 18.6. The minimum Gasteiger partial charge on any atom is -0.368 e. The maximum atomic E-state index is 12.4. The summed E-state index contributed by atoms with van der Waals surface area (Å²) in [5.41, 5.74) is 0.845. The molecule has 3 amide bonds. The molecule has 6 heteroatoms. The number of imide groups is 1. The summed E-state index contributed by atoms with van der Waals surface area (Å²) in [5, 5.41) is 5.29. The highest BCUT2D eigenvalue weighted by atomic mass is 16.5. The Labute approximate surface area is 153 Å². The third-order valence-electron chi connectivity index (χ3n) is 5.42. The van der Waals surface area contributed by atoms with Crippen LogP contribution in [-0.2, 0) is 24.5 Å². The first-order valence-electron chi connectivity index (χ1n) is 9.32. The van der Waals surface area contributed by atoms with Gasteiger partial charge in [0.2, 0.25) is 11.8 Å². The first-order chi connectivity index (χ1) is 12.4. The number of piperidine rings is 1. The van der Waals surface area contributed by atoms with Gasteiger partial charge in [-0.25, -0.2) is 0 Å². The molecule has 2 fully saturated rings. The summed E-state index contributed by atoms with van der Waals surface area (Å²) in [4.78, 5) is 36.1. The first-order valence-corrected chi connectivity index (χ1v) is 9.32. The Kier molecular flexibility index (Phi) is 5.41. The lowest BCUT2D eigenvalue weighted by molar-refractivity contribution is -0.138. The molecule has 1 saturated carbocycles. The number of amides is 3. The molecule has 2 N–H and O–H groups in total. The molecule has 26 heavy (non-hydrogen) atoms. The second kappa shape index (κ2) is 7.58. The van der Waals surface area contributed by atoms with Gasteiger partial charge < -0.3 is 10.1 Å². The van der Waals surface area contributed by atoms with Crippen molar-refractivity contribution in [1.82, 2.24) is 5.32 Å². The molecule has 0 bridgehead atoms. The van der Waals surface area contributed by atoms with Crippen LogP contribution in [0, 0.1) is 5.92 Å². The molecule has 0 spiro atoms. The van der Waals surface area contributed by atoms with Crippen LogP contribution < -0.4 is 10.6 Å². The van der Waals surface area contributed by atoms with Crippen LogP contribution in [0.2, 0.25) is 0 Å². The predicted molar refractivity (Wildman–Crippen MR) is 97.6 cm³/mol. The zero-order valence-electron chi connectivity index (χ0n) is 15.3. The van der Waals surface area contributed by atoms with Gasteiger partial charge in [0.05, 0.1) is 12.0 Å². The van der Waals surface area contributed by atoms with Gasteiger partial charge in [-0.3, -0.25) is 19.7 Å². The molecule has 0 aromatic heterocycles. The zero-order valence-corrected chi connectivity index (χ0v) is 15.3.